The average molecular weight is 572 g/mol. The summed E-state index contributed by atoms with van der Waals surface area (Å²) in [5.74, 6) is 1.50. The van der Waals surface area contributed by atoms with Gasteiger partial charge in [0.2, 0.25) is 4.90 Å². The summed E-state index contributed by atoms with van der Waals surface area (Å²) < 4.78 is 28.6. The molecule has 5 nitrogen and oxygen atoms in total. The molecule has 2 unspecified atom stereocenters. The Labute approximate surface area is 226 Å². The van der Waals surface area contributed by atoms with Gasteiger partial charge in [-0.2, -0.15) is 0 Å². The van der Waals surface area contributed by atoms with Gasteiger partial charge in [-0.15, -0.1) is 4.31 Å². The second-order valence-electron chi connectivity index (χ2n) is 9.19. The predicted molar refractivity (Wildman–Crippen MR) is 152 cm³/mol. The van der Waals surface area contributed by atoms with Crippen LogP contribution < -0.4 is 14.4 Å². The molecule has 36 heavy (non-hydrogen) atoms. The van der Waals surface area contributed by atoms with Crippen molar-refractivity contribution in [1.82, 2.24) is 4.31 Å². The highest BCUT2D eigenvalue weighted by molar-refractivity contribution is 9.10. The first-order valence-electron chi connectivity index (χ1n) is 12.5. The lowest BCUT2D eigenvalue weighted by molar-refractivity contribution is 0.163. The van der Waals surface area contributed by atoms with Crippen molar-refractivity contribution in [2.24, 2.45) is 0 Å². The van der Waals surface area contributed by atoms with Gasteiger partial charge in [0, 0.05) is 18.3 Å². The molecule has 1 heterocycles. The van der Waals surface area contributed by atoms with Gasteiger partial charge in [0.05, 0.1) is 42.1 Å². The van der Waals surface area contributed by atoms with E-state index in [0.717, 1.165) is 64.3 Å². The van der Waals surface area contributed by atoms with Crippen LogP contribution in [0.25, 0.3) is 0 Å². The van der Waals surface area contributed by atoms with Crippen molar-refractivity contribution in [2.75, 3.05) is 25.7 Å². The Morgan fingerprint density at radius 3 is 2.33 bits per heavy atom. The molecule has 0 radical (unpaired) electrons. The van der Waals surface area contributed by atoms with Crippen molar-refractivity contribution >= 4 is 38.7 Å². The summed E-state index contributed by atoms with van der Waals surface area (Å²) in [4.78, 5) is 3.10. The van der Waals surface area contributed by atoms with E-state index in [4.69, 9.17) is 9.47 Å². The molecular formula is C29H35BrN2O3S. The molecule has 1 aliphatic heterocycles. The first-order chi connectivity index (χ1) is 17.5. The number of hydrogen-bond acceptors (Lipinski definition) is 5. The lowest BCUT2D eigenvalue weighted by atomic mass is 9.88. The second-order valence-corrected chi connectivity index (χ2v) is 11.4. The Bertz CT molecular complexity index is 1150. The number of para-hydroxylation sites is 1. The summed E-state index contributed by atoms with van der Waals surface area (Å²) >= 11 is 2.27. The van der Waals surface area contributed by atoms with E-state index in [1.54, 1.807) is 14.2 Å². The summed E-state index contributed by atoms with van der Waals surface area (Å²) in [6.45, 7) is 5.76. The molecule has 3 aromatic rings. The van der Waals surface area contributed by atoms with Gasteiger partial charge in [-0.25, -0.2) is 0 Å². The smallest absolute Gasteiger partial charge is 0.201 e. The van der Waals surface area contributed by atoms with E-state index in [1.807, 2.05) is 24.3 Å². The second kappa shape index (κ2) is 11.9. The first-order valence-corrected chi connectivity index (χ1v) is 14.4. The molecule has 0 spiro atoms. The van der Waals surface area contributed by atoms with Crippen LogP contribution >= 0.6 is 15.9 Å². The lowest BCUT2D eigenvalue weighted by Gasteiger charge is -2.42. The molecule has 0 N–H and O–H groups in total. The summed E-state index contributed by atoms with van der Waals surface area (Å²) in [7, 11) is 3.32. The van der Waals surface area contributed by atoms with E-state index in [0.29, 0.717) is 12.3 Å². The molecule has 0 fully saturated rings. The topological polar surface area (TPSA) is 48.0 Å². The third-order valence-corrected chi connectivity index (χ3v) is 9.34. The molecule has 0 bridgehead atoms. The fraction of sp³-hybridized carbons (Fsp3) is 0.379. The maximum Gasteiger partial charge on any atom is 0.201 e. The Morgan fingerprint density at radius 2 is 1.72 bits per heavy atom. The lowest BCUT2D eigenvalue weighted by Crippen LogP contribution is -2.54. The molecule has 3 aromatic carbocycles. The molecule has 0 aliphatic carbocycles. The Balaban J connectivity index is 1.90. The van der Waals surface area contributed by atoms with Gasteiger partial charge in [0.25, 0.3) is 0 Å². The highest BCUT2D eigenvalue weighted by Gasteiger charge is 2.48. The van der Waals surface area contributed by atoms with Gasteiger partial charge in [-0.3, -0.25) is 0 Å². The Kier molecular flexibility index (Phi) is 8.88. The predicted octanol–water partition coefficient (Wildman–Crippen LogP) is 7.48. The van der Waals surface area contributed by atoms with Crippen LogP contribution in [0, 0.1) is 0 Å². The quantitative estimate of drug-likeness (QED) is 0.249. The number of hydrogen-bond donors (Lipinski definition) is 0. The summed E-state index contributed by atoms with van der Waals surface area (Å²) in [5.41, 5.74) is 2.85. The highest BCUT2D eigenvalue weighted by Crippen LogP contribution is 2.47. The third kappa shape index (κ3) is 5.40. The number of benzene rings is 3. The minimum absolute atomic E-state index is 0.296. The number of fused-ring (bicyclic) bond motifs is 1. The van der Waals surface area contributed by atoms with E-state index in [9.17, 15) is 4.55 Å². The summed E-state index contributed by atoms with van der Waals surface area (Å²) in [5, 5.41) is 0. The van der Waals surface area contributed by atoms with Gasteiger partial charge in [0.15, 0.2) is 0 Å². The minimum Gasteiger partial charge on any atom is -0.593 e. The number of anilines is 2. The highest BCUT2D eigenvalue weighted by atomic mass is 79.9. The van der Waals surface area contributed by atoms with Crippen LogP contribution in [-0.4, -0.2) is 35.2 Å². The normalized spacial score (nSPS) is 20.1. The zero-order valence-corrected chi connectivity index (χ0v) is 23.9. The maximum atomic E-state index is 14.6. The van der Waals surface area contributed by atoms with Crippen molar-refractivity contribution in [2.45, 2.75) is 56.5 Å². The zero-order valence-electron chi connectivity index (χ0n) is 21.5. The van der Waals surface area contributed by atoms with Gasteiger partial charge in [-0.1, -0.05) is 57.0 Å². The van der Waals surface area contributed by atoms with Crippen LogP contribution in [0.2, 0.25) is 0 Å². The summed E-state index contributed by atoms with van der Waals surface area (Å²) in [6.07, 6.45) is 3.99. The molecule has 2 atom stereocenters. The molecule has 0 saturated heterocycles. The molecule has 0 amide bonds. The first kappa shape index (κ1) is 26.9. The van der Waals surface area contributed by atoms with Gasteiger partial charge in [-0.05, 0) is 64.7 Å². The zero-order chi connectivity index (χ0) is 25.7. The van der Waals surface area contributed by atoms with Crippen molar-refractivity contribution in [3.63, 3.8) is 0 Å². The van der Waals surface area contributed by atoms with Crippen molar-refractivity contribution in [1.29, 1.82) is 0 Å². The van der Waals surface area contributed by atoms with Crippen LogP contribution in [0.15, 0.2) is 76.1 Å². The van der Waals surface area contributed by atoms with Crippen molar-refractivity contribution in [3.8, 4) is 11.5 Å². The third-order valence-electron chi connectivity index (χ3n) is 7.10. The number of halogens is 1. The number of rotatable bonds is 9. The number of methoxy groups -OCH3 is 2. The molecule has 192 valence electrons. The minimum atomic E-state index is -1.41. The summed E-state index contributed by atoms with van der Waals surface area (Å²) in [6, 6.07) is 22.5. The Hall–Kier alpha value is -2.19. The van der Waals surface area contributed by atoms with E-state index < -0.39 is 11.4 Å². The van der Waals surface area contributed by atoms with Crippen LogP contribution in [0.3, 0.4) is 0 Å². The maximum absolute atomic E-state index is 14.6. The van der Waals surface area contributed by atoms with Crippen LogP contribution in [0.1, 0.15) is 45.1 Å². The molecule has 7 heteroatoms. The fourth-order valence-electron chi connectivity index (χ4n) is 4.92. The van der Waals surface area contributed by atoms with Crippen LogP contribution in [-0.2, 0) is 17.9 Å². The number of nitrogens with zero attached hydrogens (tertiary/aromatic N) is 2. The van der Waals surface area contributed by atoms with E-state index >= 15 is 0 Å². The van der Waals surface area contributed by atoms with Crippen molar-refractivity contribution < 1.29 is 14.0 Å². The van der Waals surface area contributed by atoms with Gasteiger partial charge < -0.3 is 18.9 Å². The monoisotopic (exact) mass is 570 g/mol. The van der Waals surface area contributed by atoms with Crippen molar-refractivity contribution in [3.05, 3.63) is 76.8 Å². The molecule has 1 aliphatic rings. The largest absolute Gasteiger partial charge is 0.593 e. The van der Waals surface area contributed by atoms with Gasteiger partial charge >= 0.3 is 0 Å². The van der Waals surface area contributed by atoms with Crippen LogP contribution in [0.4, 0.5) is 11.4 Å². The number of ether oxygens (including phenoxy) is 2. The van der Waals surface area contributed by atoms with E-state index in [-0.39, 0.29) is 5.54 Å². The molecule has 0 aromatic heterocycles. The SMILES string of the molecule is CCCCC1(CC)CN(c2ccccc2)c2cc(Br)c(OC)cc2[S+]([O-])N1Cc1ccc(OC)cc1. The van der Waals surface area contributed by atoms with Crippen LogP contribution in [0.5, 0.6) is 11.5 Å². The van der Waals surface area contributed by atoms with E-state index in [1.165, 1.54) is 0 Å². The van der Waals surface area contributed by atoms with Gasteiger partial charge in [0.1, 0.15) is 17.2 Å². The fourth-order valence-corrected chi connectivity index (χ4v) is 7.10. The molecule has 0 saturated carbocycles. The molecule has 4 rings (SSSR count). The number of unbranched alkanes of at least 4 members (excludes halogenated alkanes) is 1. The standard InChI is InChI=1S/C29H35BrN2O3S/c1-5-7-17-29(6-2)21-31(23-11-9-8-10-12-23)26-18-25(30)27(35-4)19-28(26)36(33)32(29)20-22-13-15-24(34-3)16-14-22/h8-16,18-19H,5-7,17,20-21H2,1-4H3. The van der Waals surface area contributed by atoms with E-state index in [2.05, 4.69) is 81.4 Å². The Morgan fingerprint density at radius 1 is 1.00 bits per heavy atom. The average Bonchev–Trinajstić information content (AvgIpc) is 3.01. The molecular weight excluding hydrogens is 536 g/mol.